The lowest BCUT2D eigenvalue weighted by Crippen LogP contribution is -2.27. The molecule has 0 amide bonds. The van der Waals surface area contributed by atoms with Crippen LogP contribution in [-0.4, -0.2) is 40.7 Å². The van der Waals surface area contributed by atoms with E-state index in [1.165, 1.54) is 18.3 Å². The van der Waals surface area contributed by atoms with Gasteiger partial charge in [0.05, 0.1) is 18.5 Å². The van der Waals surface area contributed by atoms with E-state index in [0.29, 0.717) is 11.1 Å². The second kappa shape index (κ2) is 14.8. The van der Waals surface area contributed by atoms with Crippen molar-refractivity contribution in [3.63, 3.8) is 0 Å². The molecule has 0 bridgehead atoms. The van der Waals surface area contributed by atoms with Gasteiger partial charge in [0.1, 0.15) is 11.5 Å². The number of aliphatic imine (C=N–C) groups is 2. The van der Waals surface area contributed by atoms with E-state index >= 15 is 0 Å². The van der Waals surface area contributed by atoms with E-state index in [1.807, 2.05) is 53.7 Å². The minimum absolute atomic E-state index is 0.0855. The molecular weight excluding hydrogens is 667 g/mol. The topological polar surface area (TPSA) is 91.5 Å². The number of hydrogen-bond acceptors (Lipinski definition) is 6. The van der Waals surface area contributed by atoms with E-state index in [9.17, 15) is 37.0 Å². The molecule has 3 aromatic rings. The van der Waals surface area contributed by atoms with E-state index in [4.69, 9.17) is 9.98 Å². The summed E-state index contributed by atoms with van der Waals surface area (Å²) in [7, 11) is 0. The van der Waals surface area contributed by atoms with Crippen molar-refractivity contribution in [2.75, 3.05) is 0 Å². The normalized spacial score (nSPS) is 17.5. The molecule has 0 saturated heterocycles. The molecule has 0 spiro atoms. The van der Waals surface area contributed by atoms with E-state index in [2.05, 4.69) is 25.5 Å². The Bertz CT molecular complexity index is 1840. The summed E-state index contributed by atoms with van der Waals surface area (Å²) >= 11 is 0. The number of esters is 1. The molecular formula is C40H47F5N2O4. The highest BCUT2D eigenvalue weighted by molar-refractivity contribution is 5.87. The Morgan fingerprint density at radius 1 is 0.686 bits per heavy atom. The van der Waals surface area contributed by atoms with Gasteiger partial charge in [0.2, 0.25) is 34.8 Å². The van der Waals surface area contributed by atoms with Crippen LogP contribution in [0, 0.1) is 29.1 Å². The highest BCUT2D eigenvalue weighted by Gasteiger charge is 2.30. The fraction of sp³-hybridized carbons (Fsp3) is 0.475. The maximum Gasteiger partial charge on any atom is 0.315 e. The van der Waals surface area contributed by atoms with E-state index < -0.39 is 52.6 Å². The average molecular weight is 715 g/mol. The summed E-state index contributed by atoms with van der Waals surface area (Å²) in [5.41, 5.74) is 2.41. The summed E-state index contributed by atoms with van der Waals surface area (Å²) in [5.74, 6) is -14.2. The number of hydrogen-bond donors (Lipinski definition) is 2. The number of benzene rings is 3. The van der Waals surface area contributed by atoms with Crippen LogP contribution in [0.4, 0.5) is 22.0 Å². The first-order valence-corrected chi connectivity index (χ1v) is 17.0. The highest BCUT2D eigenvalue weighted by atomic mass is 19.2. The van der Waals surface area contributed by atoms with E-state index in [-0.39, 0.29) is 45.5 Å². The van der Waals surface area contributed by atoms with Gasteiger partial charge in [-0.3, -0.25) is 14.8 Å². The number of phenolic OH excluding ortho intramolecular Hbond substituents is 2. The maximum absolute atomic E-state index is 14.2. The molecule has 1 aliphatic rings. The first-order chi connectivity index (χ1) is 23.5. The standard InChI is InChI=1S/C40H47F5N2O4/c1-38(2,3)24-17-23(36(50)26(18-24)40(7,8)9)20-47-28-13-11-10-12-27(28)46-19-22-14-21(15-25(35(22)49)39(4,5)6)16-29(48)51-37-33(44)31(42)30(41)32(43)34(37)45/h14-15,17-20,27-28,49-50H,10-13,16H2,1-9H3/t27-,28-/m1/s1. The van der Waals surface area contributed by atoms with E-state index in [0.717, 1.165) is 36.8 Å². The predicted molar refractivity (Wildman–Crippen MR) is 189 cm³/mol. The molecule has 2 atom stereocenters. The third-order valence-corrected chi connectivity index (χ3v) is 9.06. The molecule has 51 heavy (non-hydrogen) atoms. The molecule has 11 heteroatoms. The van der Waals surface area contributed by atoms with Gasteiger partial charge in [-0.05, 0) is 52.3 Å². The Labute approximate surface area is 296 Å². The van der Waals surface area contributed by atoms with Crippen LogP contribution in [0.15, 0.2) is 34.3 Å². The van der Waals surface area contributed by atoms with Gasteiger partial charge in [0.25, 0.3) is 0 Å². The Morgan fingerprint density at radius 2 is 1.12 bits per heavy atom. The Kier molecular flexibility index (Phi) is 11.4. The summed E-state index contributed by atoms with van der Waals surface area (Å²) < 4.78 is 73.8. The van der Waals surface area contributed by atoms with Gasteiger partial charge in [0, 0.05) is 34.7 Å². The largest absolute Gasteiger partial charge is 0.507 e. The van der Waals surface area contributed by atoms with E-state index in [1.54, 1.807) is 6.21 Å². The van der Waals surface area contributed by atoms with Crippen LogP contribution in [0.5, 0.6) is 17.2 Å². The molecule has 0 unspecified atom stereocenters. The first kappa shape index (κ1) is 39.5. The Balaban J connectivity index is 1.65. The minimum atomic E-state index is -2.37. The zero-order valence-electron chi connectivity index (χ0n) is 30.6. The average Bonchev–Trinajstić information content (AvgIpc) is 3.03. The predicted octanol–water partition coefficient (Wildman–Crippen LogP) is 9.68. The fourth-order valence-electron chi connectivity index (χ4n) is 6.03. The van der Waals surface area contributed by atoms with Crippen molar-refractivity contribution in [2.24, 2.45) is 9.98 Å². The maximum atomic E-state index is 14.2. The van der Waals surface area contributed by atoms with Gasteiger partial charge in [-0.15, -0.1) is 0 Å². The molecule has 6 nitrogen and oxygen atoms in total. The molecule has 276 valence electrons. The van der Waals surface area contributed by atoms with Gasteiger partial charge in [-0.1, -0.05) is 87.3 Å². The fourth-order valence-corrected chi connectivity index (χ4v) is 6.03. The van der Waals surface area contributed by atoms with Gasteiger partial charge in [-0.25, -0.2) is 13.2 Å². The lowest BCUT2D eigenvalue weighted by atomic mass is 9.79. The van der Waals surface area contributed by atoms with Gasteiger partial charge >= 0.3 is 5.97 Å². The third kappa shape index (κ3) is 8.97. The van der Waals surface area contributed by atoms with Crippen LogP contribution in [-0.2, 0) is 27.5 Å². The van der Waals surface area contributed by atoms with Crippen LogP contribution < -0.4 is 4.74 Å². The van der Waals surface area contributed by atoms with Crippen molar-refractivity contribution in [3.8, 4) is 17.2 Å². The second-order valence-electron chi connectivity index (χ2n) is 16.3. The Morgan fingerprint density at radius 3 is 1.57 bits per heavy atom. The Hall–Kier alpha value is -4.28. The molecule has 0 aromatic heterocycles. The summed E-state index contributed by atoms with van der Waals surface area (Å²) in [6.45, 7) is 18.0. The number of halogens is 5. The summed E-state index contributed by atoms with van der Waals surface area (Å²) in [6.07, 6.45) is 5.94. The lowest BCUT2D eigenvalue weighted by Gasteiger charge is -2.28. The number of ether oxygens (including phenoxy) is 1. The number of carbonyl (C=O) groups is 1. The van der Waals surface area contributed by atoms with Crippen LogP contribution in [0.2, 0.25) is 0 Å². The molecule has 1 fully saturated rings. The van der Waals surface area contributed by atoms with Gasteiger partial charge < -0.3 is 14.9 Å². The lowest BCUT2D eigenvalue weighted by molar-refractivity contribution is -0.134. The first-order valence-electron chi connectivity index (χ1n) is 17.0. The molecule has 0 aliphatic heterocycles. The monoisotopic (exact) mass is 714 g/mol. The molecule has 4 rings (SSSR count). The van der Waals surface area contributed by atoms with Crippen LogP contribution in [0.1, 0.15) is 121 Å². The summed E-state index contributed by atoms with van der Waals surface area (Å²) in [6, 6.07) is 6.51. The van der Waals surface area contributed by atoms with Crippen molar-refractivity contribution in [3.05, 3.63) is 86.7 Å². The molecule has 0 radical (unpaired) electrons. The number of aromatic hydroxyl groups is 2. The summed E-state index contributed by atoms with van der Waals surface area (Å²) in [5, 5.41) is 22.5. The van der Waals surface area contributed by atoms with Crippen molar-refractivity contribution in [2.45, 2.75) is 123 Å². The van der Waals surface area contributed by atoms with Crippen molar-refractivity contribution in [1.82, 2.24) is 0 Å². The van der Waals surface area contributed by atoms with Crippen LogP contribution in [0.3, 0.4) is 0 Å². The minimum Gasteiger partial charge on any atom is -0.507 e. The molecule has 1 saturated carbocycles. The van der Waals surface area contributed by atoms with Crippen molar-refractivity contribution in [1.29, 1.82) is 0 Å². The second-order valence-corrected chi connectivity index (χ2v) is 16.3. The molecule has 1 aliphatic carbocycles. The third-order valence-electron chi connectivity index (χ3n) is 9.06. The van der Waals surface area contributed by atoms with Crippen molar-refractivity contribution >= 4 is 18.4 Å². The molecule has 0 heterocycles. The number of carbonyl (C=O) groups excluding carboxylic acids is 1. The number of nitrogens with zero attached hydrogens (tertiary/aromatic N) is 2. The quantitative estimate of drug-likeness (QED) is 0.0637. The SMILES string of the molecule is CC(C)(C)c1cc(C=N[C@@H]2CCCC[C@H]2N=Cc2cc(CC(=O)Oc3c(F)c(F)c(F)c(F)c3F)cc(C(C)(C)C)c2O)c(O)c(C(C)(C)C)c1. The zero-order chi connectivity index (χ0) is 38.2. The van der Waals surface area contributed by atoms with Crippen LogP contribution in [0.25, 0.3) is 0 Å². The number of rotatable bonds is 7. The molecule has 3 aromatic carbocycles. The van der Waals surface area contributed by atoms with Crippen LogP contribution >= 0.6 is 0 Å². The molecule has 2 N–H and O–H groups in total. The van der Waals surface area contributed by atoms with Gasteiger partial charge in [0.15, 0.2) is 0 Å². The summed E-state index contributed by atoms with van der Waals surface area (Å²) in [4.78, 5) is 22.5. The highest BCUT2D eigenvalue weighted by Crippen LogP contribution is 2.38. The smallest absolute Gasteiger partial charge is 0.315 e. The van der Waals surface area contributed by atoms with Crippen molar-refractivity contribution < 1.29 is 41.7 Å². The number of phenols is 2. The van der Waals surface area contributed by atoms with Gasteiger partial charge in [-0.2, -0.15) is 8.78 Å². The zero-order valence-corrected chi connectivity index (χ0v) is 30.6.